The van der Waals surface area contributed by atoms with Gasteiger partial charge in [-0.3, -0.25) is 4.40 Å². The van der Waals surface area contributed by atoms with Crippen LogP contribution >= 0.6 is 0 Å². The lowest BCUT2D eigenvalue weighted by atomic mass is 10.1. The molecule has 118 valence electrons. The predicted molar refractivity (Wildman–Crippen MR) is 85.7 cm³/mol. The van der Waals surface area contributed by atoms with Gasteiger partial charge in [-0.15, -0.1) is 10.2 Å². The van der Waals surface area contributed by atoms with Gasteiger partial charge in [0.25, 0.3) is 0 Å². The highest BCUT2D eigenvalue weighted by atomic mass is 16.5. The summed E-state index contributed by atoms with van der Waals surface area (Å²) in [6.07, 6.45) is 1.91. The summed E-state index contributed by atoms with van der Waals surface area (Å²) in [5.74, 6) is 1.82. The lowest BCUT2D eigenvalue weighted by molar-refractivity contribution is 0.122. The Morgan fingerprint density at radius 3 is 2.78 bits per heavy atom. The molecule has 1 aliphatic heterocycles. The third-order valence-electron chi connectivity index (χ3n) is 4.00. The van der Waals surface area contributed by atoms with Crippen molar-refractivity contribution in [2.45, 2.75) is 6.92 Å². The monoisotopic (exact) mass is 311 g/mol. The molecule has 1 saturated heterocycles. The van der Waals surface area contributed by atoms with Gasteiger partial charge >= 0.3 is 0 Å². The van der Waals surface area contributed by atoms with Crippen LogP contribution in [0.25, 0.3) is 16.9 Å². The summed E-state index contributed by atoms with van der Waals surface area (Å²) in [6, 6.07) is 7.09. The highest BCUT2D eigenvalue weighted by Crippen LogP contribution is 2.27. The molecule has 0 spiro atoms. The number of hydrogen-bond acceptors (Lipinski definition) is 6. The van der Waals surface area contributed by atoms with E-state index in [9.17, 15) is 5.11 Å². The number of aromatic nitrogens is 4. The van der Waals surface area contributed by atoms with Gasteiger partial charge < -0.3 is 14.7 Å². The quantitative estimate of drug-likeness (QED) is 0.775. The third kappa shape index (κ3) is 2.49. The first-order chi connectivity index (χ1) is 11.2. The molecule has 1 aliphatic rings. The van der Waals surface area contributed by atoms with Gasteiger partial charge in [0, 0.05) is 24.8 Å². The summed E-state index contributed by atoms with van der Waals surface area (Å²) in [7, 11) is 0. The molecule has 0 radical (unpaired) electrons. The van der Waals surface area contributed by atoms with Crippen molar-refractivity contribution in [2.75, 3.05) is 31.2 Å². The van der Waals surface area contributed by atoms with Crippen LogP contribution in [0.3, 0.4) is 0 Å². The van der Waals surface area contributed by atoms with Crippen molar-refractivity contribution in [1.29, 1.82) is 0 Å². The zero-order valence-corrected chi connectivity index (χ0v) is 12.8. The molecule has 7 nitrogen and oxygen atoms in total. The molecule has 1 fully saturated rings. The number of morpholine rings is 1. The Labute approximate surface area is 133 Å². The minimum absolute atomic E-state index is 0.220. The SMILES string of the molecule is Cc1nnc2c(N3CCOCC3)nc(-c3cccc(O)c3)cn12. The van der Waals surface area contributed by atoms with Crippen molar-refractivity contribution in [1.82, 2.24) is 19.6 Å². The summed E-state index contributed by atoms with van der Waals surface area (Å²) in [5, 5.41) is 18.2. The second kappa shape index (κ2) is 5.51. The van der Waals surface area contributed by atoms with Gasteiger partial charge in [0.2, 0.25) is 5.65 Å². The zero-order chi connectivity index (χ0) is 15.8. The minimum atomic E-state index is 0.220. The van der Waals surface area contributed by atoms with Gasteiger partial charge in [-0.05, 0) is 19.1 Å². The normalized spacial score (nSPS) is 15.3. The maximum atomic E-state index is 9.73. The Balaban J connectivity index is 1.90. The standard InChI is InChI=1S/C16H17N5O2/c1-11-18-19-16-15(20-5-7-23-8-6-20)17-14(10-21(11)16)12-3-2-4-13(22)9-12/h2-4,9-10,22H,5-8H2,1H3. The van der Waals surface area contributed by atoms with Crippen molar-refractivity contribution in [3.05, 3.63) is 36.3 Å². The number of phenols is 1. The molecule has 0 bridgehead atoms. The molecular formula is C16H17N5O2. The second-order valence-electron chi connectivity index (χ2n) is 5.54. The van der Waals surface area contributed by atoms with Gasteiger partial charge in [0.1, 0.15) is 11.6 Å². The van der Waals surface area contributed by atoms with E-state index in [1.165, 1.54) is 0 Å². The van der Waals surface area contributed by atoms with Crippen LogP contribution in [-0.2, 0) is 4.74 Å². The molecule has 1 aromatic carbocycles. The number of anilines is 1. The first kappa shape index (κ1) is 14.0. The molecule has 23 heavy (non-hydrogen) atoms. The molecule has 4 rings (SSSR count). The van der Waals surface area contributed by atoms with Gasteiger partial charge in [-0.1, -0.05) is 12.1 Å². The Bertz CT molecular complexity index is 855. The van der Waals surface area contributed by atoms with Crippen LogP contribution in [-0.4, -0.2) is 51.0 Å². The van der Waals surface area contributed by atoms with E-state index < -0.39 is 0 Å². The fourth-order valence-corrected chi connectivity index (χ4v) is 2.78. The van der Waals surface area contributed by atoms with Crippen LogP contribution in [0.15, 0.2) is 30.5 Å². The smallest absolute Gasteiger partial charge is 0.203 e. The van der Waals surface area contributed by atoms with Crippen molar-refractivity contribution in [3.8, 4) is 17.0 Å². The molecule has 3 heterocycles. The number of hydrogen-bond donors (Lipinski definition) is 1. The first-order valence-electron chi connectivity index (χ1n) is 7.57. The number of fused-ring (bicyclic) bond motifs is 1. The van der Waals surface area contributed by atoms with E-state index in [0.29, 0.717) is 13.2 Å². The Morgan fingerprint density at radius 1 is 1.17 bits per heavy atom. The van der Waals surface area contributed by atoms with Gasteiger partial charge in [0.15, 0.2) is 5.82 Å². The number of aryl methyl sites for hydroxylation is 1. The first-order valence-corrected chi connectivity index (χ1v) is 7.57. The molecule has 2 aromatic heterocycles. The van der Waals surface area contributed by atoms with E-state index in [1.54, 1.807) is 12.1 Å². The number of aromatic hydroxyl groups is 1. The number of rotatable bonds is 2. The van der Waals surface area contributed by atoms with Crippen LogP contribution in [0.1, 0.15) is 5.82 Å². The average Bonchev–Trinajstić information content (AvgIpc) is 2.96. The van der Waals surface area contributed by atoms with Gasteiger partial charge in [-0.25, -0.2) is 4.98 Å². The van der Waals surface area contributed by atoms with E-state index in [-0.39, 0.29) is 5.75 Å². The third-order valence-corrected chi connectivity index (χ3v) is 4.00. The molecule has 1 N–H and O–H groups in total. The lowest BCUT2D eigenvalue weighted by Crippen LogP contribution is -2.37. The maximum absolute atomic E-state index is 9.73. The molecule has 0 saturated carbocycles. The second-order valence-corrected chi connectivity index (χ2v) is 5.54. The summed E-state index contributed by atoms with van der Waals surface area (Å²) < 4.78 is 7.37. The molecule has 3 aromatic rings. The predicted octanol–water partition coefficient (Wildman–Crippen LogP) is 1.64. The van der Waals surface area contributed by atoms with Crippen LogP contribution in [0, 0.1) is 6.92 Å². The van der Waals surface area contributed by atoms with E-state index in [2.05, 4.69) is 15.1 Å². The highest BCUT2D eigenvalue weighted by Gasteiger charge is 2.19. The summed E-state index contributed by atoms with van der Waals surface area (Å²) in [5.41, 5.74) is 2.38. The van der Waals surface area contributed by atoms with Gasteiger partial charge in [-0.2, -0.15) is 0 Å². The van der Waals surface area contributed by atoms with Crippen LogP contribution in [0.5, 0.6) is 5.75 Å². The number of phenolic OH excluding ortho intramolecular Hbond substituents is 1. The molecule has 0 amide bonds. The Morgan fingerprint density at radius 2 is 2.00 bits per heavy atom. The summed E-state index contributed by atoms with van der Waals surface area (Å²) >= 11 is 0. The largest absolute Gasteiger partial charge is 0.508 e. The van der Waals surface area contributed by atoms with Crippen LogP contribution in [0.2, 0.25) is 0 Å². The maximum Gasteiger partial charge on any atom is 0.203 e. The molecule has 0 unspecified atom stereocenters. The van der Waals surface area contributed by atoms with E-state index in [1.807, 2.05) is 29.7 Å². The van der Waals surface area contributed by atoms with Gasteiger partial charge in [0.05, 0.1) is 18.9 Å². The number of benzene rings is 1. The van der Waals surface area contributed by atoms with Crippen LogP contribution < -0.4 is 4.90 Å². The van der Waals surface area contributed by atoms with Crippen molar-refractivity contribution < 1.29 is 9.84 Å². The molecule has 0 atom stereocenters. The van der Waals surface area contributed by atoms with E-state index in [0.717, 1.165) is 41.6 Å². The molecule has 7 heteroatoms. The lowest BCUT2D eigenvalue weighted by Gasteiger charge is -2.28. The topological polar surface area (TPSA) is 75.8 Å². The van der Waals surface area contributed by atoms with E-state index in [4.69, 9.17) is 9.72 Å². The molecular weight excluding hydrogens is 294 g/mol. The zero-order valence-electron chi connectivity index (χ0n) is 12.8. The minimum Gasteiger partial charge on any atom is -0.508 e. The van der Waals surface area contributed by atoms with Crippen LogP contribution in [0.4, 0.5) is 5.82 Å². The molecule has 0 aliphatic carbocycles. The fraction of sp³-hybridized carbons (Fsp3) is 0.312. The van der Waals surface area contributed by atoms with Crippen molar-refractivity contribution >= 4 is 11.5 Å². The van der Waals surface area contributed by atoms with Crippen molar-refractivity contribution in [2.24, 2.45) is 0 Å². The Hall–Kier alpha value is -2.67. The fourth-order valence-electron chi connectivity index (χ4n) is 2.78. The average molecular weight is 311 g/mol. The number of ether oxygens (including phenoxy) is 1. The number of nitrogens with zero attached hydrogens (tertiary/aromatic N) is 5. The Kier molecular flexibility index (Phi) is 3.34. The summed E-state index contributed by atoms with van der Waals surface area (Å²) in [6.45, 7) is 4.82. The summed E-state index contributed by atoms with van der Waals surface area (Å²) in [4.78, 5) is 6.95. The van der Waals surface area contributed by atoms with Crippen molar-refractivity contribution in [3.63, 3.8) is 0 Å². The highest BCUT2D eigenvalue weighted by molar-refractivity contribution is 5.70. The van der Waals surface area contributed by atoms with E-state index >= 15 is 0 Å².